The molecule has 2 aliphatic heterocycles. The number of thiazole rings is 1. The third-order valence-corrected chi connectivity index (χ3v) is 6.31. The smallest absolute Gasteiger partial charge is 0.327 e. The van der Waals surface area contributed by atoms with Crippen LogP contribution in [0.4, 0.5) is 4.79 Å². The lowest BCUT2D eigenvalue weighted by molar-refractivity contribution is -0.140. The number of imide groups is 1. The van der Waals surface area contributed by atoms with Crippen molar-refractivity contribution in [2.45, 2.75) is 52.0 Å². The lowest BCUT2D eigenvalue weighted by Crippen LogP contribution is -2.58. The number of aryl methyl sites for hydroxylation is 2. The van der Waals surface area contributed by atoms with Crippen LogP contribution in [-0.2, 0) is 16.0 Å². The number of carbonyl (C=O) groups is 3. The fourth-order valence-electron chi connectivity index (χ4n) is 4.02. The van der Waals surface area contributed by atoms with Gasteiger partial charge in [-0.15, -0.1) is 11.3 Å². The van der Waals surface area contributed by atoms with E-state index in [9.17, 15) is 14.4 Å². The molecule has 2 aliphatic rings. The first-order chi connectivity index (χ1) is 12.7. The van der Waals surface area contributed by atoms with Gasteiger partial charge in [-0.25, -0.2) is 9.78 Å². The molecule has 0 unspecified atom stereocenters. The predicted molar refractivity (Wildman–Crippen MR) is 103 cm³/mol. The number of piperidine rings is 1. The summed E-state index contributed by atoms with van der Waals surface area (Å²) in [5, 5.41) is 3.01. The highest BCUT2D eigenvalue weighted by atomic mass is 32.1. The molecule has 1 aromatic rings. The monoisotopic (exact) mass is 392 g/mol. The normalized spacial score (nSPS) is 19.7. The van der Waals surface area contributed by atoms with Crippen LogP contribution < -0.4 is 0 Å². The van der Waals surface area contributed by atoms with Crippen molar-refractivity contribution in [1.29, 1.82) is 0 Å². The summed E-state index contributed by atoms with van der Waals surface area (Å²) in [6, 6.07) is -0.215. The van der Waals surface area contributed by atoms with Gasteiger partial charge in [0, 0.05) is 38.5 Å². The zero-order chi connectivity index (χ0) is 19.8. The number of likely N-dealkylation sites (tertiary alicyclic amines) is 1. The Labute approximate surface area is 164 Å². The van der Waals surface area contributed by atoms with E-state index in [1.54, 1.807) is 23.3 Å². The van der Waals surface area contributed by atoms with E-state index in [0.29, 0.717) is 45.3 Å². The fraction of sp³-hybridized carbons (Fsp3) is 0.684. The van der Waals surface area contributed by atoms with E-state index in [4.69, 9.17) is 0 Å². The molecule has 0 radical (unpaired) electrons. The Morgan fingerprint density at radius 3 is 2.52 bits per heavy atom. The van der Waals surface area contributed by atoms with Crippen LogP contribution in [0.5, 0.6) is 0 Å². The van der Waals surface area contributed by atoms with Crippen molar-refractivity contribution in [3.63, 3.8) is 0 Å². The highest BCUT2D eigenvalue weighted by Crippen LogP contribution is 2.37. The van der Waals surface area contributed by atoms with Crippen molar-refractivity contribution in [3.05, 3.63) is 16.1 Å². The third kappa shape index (κ3) is 3.72. The Morgan fingerprint density at radius 2 is 1.96 bits per heavy atom. The molecule has 8 heteroatoms. The van der Waals surface area contributed by atoms with Crippen LogP contribution in [0.1, 0.15) is 43.8 Å². The zero-order valence-corrected chi connectivity index (χ0v) is 17.3. The van der Waals surface area contributed by atoms with Gasteiger partial charge in [-0.05, 0) is 32.1 Å². The second-order valence-corrected chi connectivity index (χ2v) is 8.98. The van der Waals surface area contributed by atoms with Crippen LogP contribution in [0.15, 0.2) is 5.38 Å². The number of hydrogen-bond acceptors (Lipinski definition) is 5. The van der Waals surface area contributed by atoms with Crippen LogP contribution in [0.2, 0.25) is 0 Å². The molecule has 0 bridgehead atoms. The second-order valence-electron chi connectivity index (χ2n) is 7.92. The van der Waals surface area contributed by atoms with E-state index in [1.807, 2.05) is 31.1 Å². The first-order valence-electron chi connectivity index (χ1n) is 9.53. The number of urea groups is 1. The Bertz CT molecular complexity index is 737. The van der Waals surface area contributed by atoms with Crippen molar-refractivity contribution in [3.8, 4) is 0 Å². The summed E-state index contributed by atoms with van der Waals surface area (Å²) in [5.41, 5.74) is 0.180. The number of hydrogen-bond donors (Lipinski definition) is 0. The van der Waals surface area contributed by atoms with Crippen LogP contribution in [0, 0.1) is 12.8 Å². The van der Waals surface area contributed by atoms with Gasteiger partial charge >= 0.3 is 6.03 Å². The number of aromatic nitrogens is 1. The summed E-state index contributed by atoms with van der Waals surface area (Å²) in [6.07, 6.45) is 2.09. The maximum Gasteiger partial charge on any atom is 0.327 e. The summed E-state index contributed by atoms with van der Waals surface area (Å²) < 4.78 is 0. The molecule has 0 saturated carbocycles. The highest BCUT2D eigenvalue weighted by Gasteiger charge is 2.57. The highest BCUT2D eigenvalue weighted by molar-refractivity contribution is 7.09. The minimum atomic E-state index is -0.779. The quantitative estimate of drug-likeness (QED) is 0.721. The number of carbonyl (C=O) groups excluding carboxylic acids is 3. The van der Waals surface area contributed by atoms with Crippen molar-refractivity contribution >= 4 is 29.2 Å². The van der Waals surface area contributed by atoms with Gasteiger partial charge in [0.15, 0.2) is 0 Å². The van der Waals surface area contributed by atoms with Gasteiger partial charge in [-0.2, -0.15) is 0 Å². The minimum absolute atomic E-state index is 0.0936. The van der Waals surface area contributed by atoms with Crippen LogP contribution in [0.3, 0.4) is 0 Å². The lowest BCUT2D eigenvalue weighted by atomic mass is 9.85. The zero-order valence-electron chi connectivity index (χ0n) is 16.5. The molecule has 2 fully saturated rings. The summed E-state index contributed by atoms with van der Waals surface area (Å²) in [6.45, 7) is 7.63. The maximum absolute atomic E-state index is 12.8. The lowest BCUT2D eigenvalue weighted by Gasteiger charge is -2.42. The number of nitrogens with zero attached hydrogens (tertiary/aromatic N) is 4. The second kappa shape index (κ2) is 7.58. The summed E-state index contributed by atoms with van der Waals surface area (Å²) in [7, 11) is 1.56. The molecule has 4 amide bonds. The van der Waals surface area contributed by atoms with Crippen molar-refractivity contribution < 1.29 is 14.4 Å². The van der Waals surface area contributed by atoms with Crippen molar-refractivity contribution in [1.82, 2.24) is 19.7 Å². The van der Waals surface area contributed by atoms with E-state index in [-0.39, 0.29) is 23.8 Å². The first-order valence-corrected chi connectivity index (χ1v) is 10.4. The summed E-state index contributed by atoms with van der Waals surface area (Å²) in [4.78, 5) is 47.2. The fourth-order valence-corrected chi connectivity index (χ4v) is 4.67. The average Bonchev–Trinajstić information content (AvgIpc) is 3.13. The van der Waals surface area contributed by atoms with Gasteiger partial charge in [0.1, 0.15) is 5.54 Å². The van der Waals surface area contributed by atoms with Crippen molar-refractivity contribution in [2.24, 2.45) is 5.92 Å². The topological polar surface area (TPSA) is 73.8 Å². The predicted octanol–water partition coefficient (Wildman–Crippen LogP) is 2.30. The Hall–Kier alpha value is -1.96. The molecule has 1 spiro atoms. The molecular formula is C19H28N4O3S. The largest absolute Gasteiger partial charge is 0.342 e. The molecule has 0 atom stereocenters. The number of amides is 4. The van der Waals surface area contributed by atoms with Crippen LogP contribution >= 0.6 is 11.3 Å². The van der Waals surface area contributed by atoms with Crippen LogP contribution in [-0.4, -0.2) is 69.8 Å². The molecule has 0 N–H and O–H groups in total. The molecule has 1 aromatic heterocycles. The van der Waals surface area contributed by atoms with Gasteiger partial charge in [-0.1, -0.05) is 13.8 Å². The maximum atomic E-state index is 12.8. The Balaban J connectivity index is 1.63. The van der Waals surface area contributed by atoms with E-state index >= 15 is 0 Å². The van der Waals surface area contributed by atoms with Gasteiger partial charge in [0.05, 0.1) is 10.7 Å². The number of rotatable bonds is 5. The van der Waals surface area contributed by atoms with Crippen molar-refractivity contribution in [2.75, 3.05) is 26.7 Å². The Morgan fingerprint density at radius 1 is 1.30 bits per heavy atom. The molecule has 7 nitrogen and oxygen atoms in total. The van der Waals surface area contributed by atoms with E-state index in [1.165, 1.54) is 4.90 Å². The van der Waals surface area contributed by atoms with Gasteiger partial charge in [0.25, 0.3) is 5.91 Å². The van der Waals surface area contributed by atoms with E-state index in [0.717, 1.165) is 10.7 Å². The average molecular weight is 393 g/mol. The molecule has 0 aliphatic carbocycles. The standard InChI is InChI=1S/C19H28N4O3S/c1-13(2)11-23-18(26)21(4)17(25)19(23)7-9-22(10-8-19)16(24)6-5-15-12-27-14(3)20-15/h12-13H,5-11H2,1-4H3. The SMILES string of the molecule is Cc1nc(CCC(=O)N2CCC3(CC2)C(=O)N(C)C(=O)N3CC(C)C)cs1. The molecule has 27 heavy (non-hydrogen) atoms. The number of likely N-dealkylation sites (N-methyl/N-ethyl adjacent to an activating group) is 1. The molecular weight excluding hydrogens is 364 g/mol. The Kier molecular flexibility index (Phi) is 5.55. The molecule has 148 valence electrons. The minimum Gasteiger partial charge on any atom is -0.342 e. The molecule has 3 heterocycles. The van der Waals surface area contributed by atoms with Crippen LogP contribution in [0.25, 0.3) is 0 Å². The van der Waals surface area contributed by atoms with Gasteiger partial charge in [-0.3, -0.25) is 14.5 Å². The third-order valence-electron chi connectivity index (χ3n) is 5.49. The first kappa shape index (κ1) is 19.8. The summed E-state index contributed by atoms with van der Waals surface area (Å²) >= 11 is 1.59. The summed E-state index contributed by atoms with van der Waals surface area (Å²) in [5.74, 6) is 0.251. The van der Waals surface area contributed by atoms with Gasteiger partial charge in [0.2, 0.25) is 5.91 Å². The van der Waals surface area contributed by atoms with E-state index in [2.05, 4.69) is 4.98 Å². The molecule has 0 aromatic carbocycles. The van der Waals surface area contributed by atoms with Gasteiger partial charge < -0.3 is 9.80 Å². The van der Waals surface area contributed by atoms with E-state index < -0.39 is 5.54 Å². The molecule has 3 rings (SSSR count). The molecule has 2 saturated heterocycles.